The number of nitrogens with zero attached hydrogens (tertiary/aromatic N) is 1. The van der Waals surface area contributed by atoms with Gasteiger partial charge in [-0.3, -0.25) is 4.55 Å². The summed E-state index contributed by atoms with van der Waals surface area (Å²) in [6, 6.07) is 4.02. The number of benzene rings is 1. The Morgan fingerprint density at radius 2 is 2.19 bits per heavy atom. The van der Waals surface area contributed by atoms with Crippen molar-refractivity contribution in [3.8, 4) is 0 Å². The van der Waals surface area contributed by atoms with E-state index in [1.807, 2.05) is 0 Å². The molecule has 7 heteroatoms. The molecule has 0 saturated heterocycles. The highest BCUT2D eigenvalue weighted by Crippen LogP contribution is 2.22. The van der Waals surface area contributed by atoms with Gasteiger partial charge in [-0.2, -0.15) is 8.42 Å². The predicted molar refractivity (Wildman–Crippen MR) is 63.0 cm³/mol. The van der Waals surface area contributed by atoms with E-state index in [0.29, 0.717) is 11.3 Å². The number of aliphatic imine (C=N–C) groups is 1. The monoisotopic (exact) mass is 262 g/mol. The number of hydrogen-bond acceptors (Lipinski definition) is 3. The lowest BCUT2D eigenvalue weighted by Gasteiger charge is -2.03. The Morgan fingerprint density at radius 3 is 2.62 bits per heavy atom. The molecule has 0 aromatic heterocycles. The van der Waals surface area contributed by atoms with Gasteiger partial charge in [0, 0.05) is 0 Å². The Balaban J connectivity index is 3.21. The van der Waals surface area contributed by atoms with Gasteiger partial charge >= 0.3 is 0 Å². The summed E-state index contributed by atoms with van der Waals surface area (Å²) in [5.74, 6) is 0.337. The van der Waals surface area contributed by atoms with Gasteiger partial charge in [-0.15, -0.1) is 11.6 Å². The minimum absolute atomic E-state index is 0.0967. The summed E-state index contributed by atoms with van der Waals surface area (Å²) in [4.78, 5) is 3.81. The van der Waals surface area contributed by atoms with Crippen molar-refractivity contribution < 1.29 is 13.0 Å². The van der Waals surface area contributed by atoms with Crippen LogP contribution in [-0.2, 0) is 10.1 Å². The first-order valence-electron chi connectivity index (χ1n) is 4.31. The molecule has 0 saturated carbocycles. The molecule has 88 valence electrons. The third kappa shape index (κ3) is 3.19. The second kappa shape index (κ2) is 4.82. The van der Waals surface area contributed by atoms with E-state index in [-0.39, 0.29) is 16.6 Å². The van der Waals surface area contributed by atoms with Crippen LogP contribution < -0.4 is 5.73 Å². The van der Waals surface area contributed by atoms with Crippen molar-refractivity contribution in [2.45, 2.75) is 11.8 Å². The number of amidine groups is 1. The van der Waals surface area contributed by atoms with Crippen LogP contribution in [-0.4, -0.2) is 24.7 Å². The van der Waals surface area contributed by atoms with E-state index < -0.39 is 10.1 Å². The fourth-order valence-electron chi connectivity index (χ4n) is 1.10. The van der Waals surface area contributed by atoms with E-state index in [1.54, 1.807) is 6.92 Å². The van der Waals surface area contributed by atoms with Crippen LogP contribution in [0, 0.1) is 6.92 Å². The largest absolute Gasteiger partial charge is 0.386 e. The highest BCUT2D eigenvalue weighted by molar-refractivity contribution is 7.85. The third-order valence-corrected chi connectivity index (χ3v) is 2.99. The summed E-state index contributed by atoms with van der Waals surface area (Å²) in [7, 11) is -4.18. The quantitative estimate of drug-likeness (QED) is 0.373. The van der Waals surface area contributed by atoms with E-state index in [2.05, 4.69) is 4.99 Å². The molecule has 0 amide bonds. The molecule has 0 heterocycles. The minimum Gasteiger partial charge on any atom is -0.386 e. The molecule has 0 aliphatic rings. The summed E-state index contributed by atoms with van der Waals surface area (Å²) < 4.78 is 30.5. The van der Waals surface area contributed by atoms with E-state index in [0.717, 1.165) is 0 Å². The SMILES string of the molecule is Cc1cc(S(=O)(=O)O)ccc1N=C(N)CCl. The van der Waals surface area contributed by atoms with E-state index >= 15 is 0 Å². The predicted octanol–water partition coefficient (Wildman–Crippen LogP) is 1.47. The maximum Gasteiger partial charge on any atom is 0.294 e. The zero-order valence-electron chi connectivity index (χ0n) is 8.51. The number of aryl methyl sites for hydroxylation is 1. The number of halogens is 1. The maximum absolute atomic E-state index is 10.8. The average molecular weight is 263 g/mol. The van der Waals surface area contributed by atoms with Crippen molar-refractivity contribution in [3.05, 3.63) is 23.8 Å². The van der Waals surface area contributed by atoms with Crippen LogP contribution in [0.15, 0.2) is 28.1 Å². The molecule has 3 N–H and O–H groups in total. The van der Waals surface area contributed by atoms with Crippen LogP contribution in [0.5, 0.6) is 0 Å². The first-order chi connectivity index (χ1) is 7.34. The highest BCUT2D eigenvalue weighted by atomic mass is 35.5. The normalized spacial score (nSPS) is 12.8. The molecular formula is C9H11ClN2O3S. The van der Waals surface area contributed by atoms with Crippen molar-refractivity contribution in [3.63, 3.8) is 0 Å². The smallest absolute Gasteiger partial charge is 0.294 e. The standard InChI is InChI=1S/C9H11ClN2O3S/c1-6-4-7(16(13,14)15)2-3-8(6)12-9(11)5-10/h2-4H,5H2,1H3,(H2,11,12)(H,13,14,15). The molecule has 0 spiro atoms. The zero-order chi connectivity index (χ0) is 12.3. The molecule has 0 fully saturated rings. The van der Waals surface area contributed by atoms with Crippen LogP contribution in [0.25, 0.3) is 0 Å². The summed E-state index contributed by atoms with van der Waals surface area (Å²) in [5, 5.41) is 0. The van der Waals surface area contributed by atoms with Crippen molar-refractivity contribution in [2.75, 3.05) is 5.88 Å². The molecule has 0 unspecified atom stereocenters. The second-order valence-electron chi connectivity index (χ2n) is 3.16. The van der Waals surface area contributed by atoms with E-state index in [4.69, 9.17) is 21.9 Å². The van der Waals surface area contributed by atoms with Crippen LogP contribution in [0.1, 0.15) is 5.56 Å². The molecule has 0 aliphatic heterocycles. The zero-order valence-corrected chi connectivity index (χ0v) is 10.1. The Bertz CT molecular complexity index is 526. The van der Waals surface area contributed by atoms with Crippen molar-refractivity contribution in [1.29, 1.82) is 0 Å². The third-order valence-electron chi connectivity index (χ3n) is 1.87. The van der Waals surface area contributed by atoms with E-state index in [9.17, 15) is 8.42 Å². The molecule has 1 rings (SSSR count). The van der Waals surface area contributed by atoms with Crippen molar-refractivity contribution >= 4 is 33.2 Å². The lowest BCUT2D eigenvalue weighted by molar-refractivity contribution is 0.483. The maximum atomic E-state index is 10.8. The van der Waals surface area contributed by atoms with Gasteiger partial charge in [0.15, 0.2) is 0 Å². The summed E-state index contributed by atoms with van der Waals surface area (Å²) in [5.41, 5.74) is 6.55. The second-order valence-corrected chi connectivity index (χ2v) is 4.85. The Morgan fingerprint density at radius 1 is 1.56 bits per heavy atom. The van der Waals surface area contributed by atoms with Gasteiger partial charge in [0.25, 0.3) is 10.1 Å². The van der Waals surface area contributed by atoms with Gasteiger partial charge in [0.2, 0.25) is 0 Å². The van der Waals surface area contributed by atoms with Gasteiger partial charge in [-0.25, -0.2) is 4.99 Å². The number of nitrogens with two attached hydrogens (primary N) is 1. The van der Waals surface area contributed by atoms with Gasteiger partial charge in [-0.05, 0) is 30.7 Å². The van der Waals surface area contributed by atoms with Crippen molar-refractivity contribution in [1.82, 2.24) is 0 Å². The molecule has 5 nitrogen and oxygen atoms in total. The van der Waals surface area contributed by atoms with Crippen LogP contribution in [0.2, 0.25) is 0 Å². The molecule has 1 aromatic rings. The Kier molecular flexibility index (Phi) is 3.90. The summed E-state index contributed by atoms with van der Waals surface area (Å²) in [6.07, 6.45) is 0. The van der Waals surface area contributed by atoms with Gasteiger partial charge < -0.3 is 5.73 Å². The molecule has 0 aliphatic carbocycles. The minimum atomic E-state index is -4.18. The van der Waals surface area contributed by atoms with Gasteiger partial charge in [0.1, 0.15) is 5.84 Å². The topological polar surface area (TPSA) is 92.8 Å². The average Bonchev–Trinajstić information content (AvgIpc) is 2.19. The van der Waals surface area contributed by atoms with E-state index in [1.165, 1.54) is 18.2 Å². The van der Waals surface area contributed by atoms with Crippen molar-refractivity contribution in [2.24, 2.45) is 10.7 Å². The first-order valence-corrected chi connectivity index (χ1v) is 6.29. The molecule has 0 radical (unpaired) electrons. The molecule has 16 heavy (non-hydrogen) atoms. The van der Waals surface area contributed by atoms with Crippen LogP contribution >= 0.6 is 11.6 Å². The van der Waals surface area contributed by atoms with Crippen LogP contribution in [0.4, 0.5) is 5.69 Å². The molecule has 0 atom stereocenters. The fourth-order valence-corrected chi connectivity index (χ4v) is 1.72. The highest BCUT2D eigenvalue weighted by Gasteiger charge is 2.10. The fraction of sp³-hybridized carbons (Fsp3) is 0.222. The first kappa shape index (κ1) is 13.0. The van der Waals surface area contributed by atoms with Gasteiger partial charge in [-0.1, -0.05) is 0 Å². The van der Waals surface area contributed by atoms with Gasteiger partial charge in [0.05, 0.1) is 16.5 Å². The summed E-state index contributed by atoms with van der Waals surface area (Å²) >= 11 is 5.47. The Labute approximate surface area is 98.7 Å². The number of rotatable bonds is 3. The Hall–Kier alpha value is -1.11. The lowest BCUT2D eigenvalue weighted by atomic mass is 10.2. The lowest BCUT2D eigenvalue weighted by Crippen LogP contribution is -2.12. The number of alkyl halides is 1. The molecule has 1 aromatic carbocycles. The summed E-state index contributed by atoms with van der Waals surface area (Å²) in [6.45, 7) is 1.66. The van der Waals surface area contributed by atoms with Crippen LogP contribution in [0.3, 0.4) is 0 Å². The number of hydrogen-bond donors (Lipinski definition) is 2. The molecule has 0 bridgehead atoms. The molecular weight excluding hydrogens is 252 g/mol.